The highest BCUT2D eigenvalue weighted by molar-refractivity contribution is 5.94. The fraction of sp³-hybridized carbons (Fsp3) is 0.371. The first-order valence-corrected chi connectivity index (χ1v) is 16.2. The van der Waals surface area contributed by atoms with Gasteiger partial charge in [-0.1, -0.05) is 36.4 Å². The summed E-state index contributed by atoms with van der Waals surface area (Å²) < 4.78 is 7.59. The fourth-order valence-electron chi connectivity index (χ4n) is 5.99. The Morgan fingerprint density at radius 3 is 2.40 bits per heavy atom. The zero-order valence-electron chi connectivity index (χ0n) is 26.6. The number of ether oxygens (including phenoxy) is 1. The summed E-state index contributed by atoms with van der Waals surface area (Å²) >= 11 is 0. The number of amides is 3. The standard InChI is InChI=1S/C35H40N8O4/c1-36-35(46)38-27-13-11-26(12-14-27)32-39-33(42-20-22-47-23-21-42)30-24-37-43(34(30)40-32)28-16-18-41(19-17-28)31(45)9-5-8-29(44)15-10-25-6-3-2-4-7-25/h2-4,6-7,10-15,24,28H,5,8-9,16-23H2,1H3,(H2,36,38,46)/b15-10+. The maximum atomic E-state index is 13.0. The van der Waals surface area contributed by atoms with Crippen LogP contribution < -0.4 is 15.5 Å². The average molecular weight is 637 g/mol. The van der Waals surface area contributed by atoms with Gasteiger partial charge in [-0.25, -0.2) is 19.4 Å². The molecule has 0 unspecified atom stereocenters. The Labute approximate surface area is 273 Å². The maximum absolute atomic E-state index is 13.0. The van der Waals surface area contributed by atoms with Crippen molar-refractivity contribution in [3.8, 4) is 11.4 Å². The lowest BCUT2D eigenvalue weighted by molar-refractivity contribution is -0.132. The van der Waals surface area contributed by atoms with Crippen LogP contribution in [0.25, 0.3) is 28.5 Å². The molecule has 2 N–H and O–H groups in total. The molecule has 2 saturated heterocycles. The highest BCUT2D eigenvalue weighted by Gasteiger charge is 2.28. The summed E-state index contributed by atoms with van der Waals surface area (Å²) in [4.78, 5) is 51.2. The monoisotopic (exact) mass is 636 g/mol. The van der Waals surface area contributed by atoms with Gasteiger partial charge in [0.2, 0.25) is 5.91 Å². The number of piperidine rings is 1. The second kappa shape index (κ2) is 15.0. The summed E-state index contributed by atoms with van der Waals surface area (Å²) in [5, 5.41) is 11.0. The van der Waals surface area contributed by atoms with Gasteiger partial charge >= 0.3 is 6.03 Å². The third-order valence-corrected chi connectivity index (χ3v) is 8.61. The van der Waals surface area contributed by atoms with Gasteiger partial charge in [-0.2, -0.15) is 5.10 Å². The number of hydrogen-bond acceptors (Lipinski definition) is 8. The molecule has 4 heterocycles. The van der Waals surface area contributed by atoms with Crippen LogP contribution in [0.3, 0.4) is 0 Å². The lowest BCUT2D eigenvalue weighted by atomic mass is 10.0. The van der Waals surface area contributed by atoms with Gasteiger partial charge in [0.05, 0.1) is 30.8 Å². The van der Waals surface area contributed by atoms with Gasteiger partial charge in [0.15, 0.2) is 17.3 Å². The molecule has 2 aromatic heterocycles. The largest absolute Gasteiger partial charge is 0.378 e. The predicted molar refractivity (Wildman–Crippen MR) is 181 cm³/mol. The minimum absolute atomic E-state index is 0.0280. The number of likely N-dealkylation sites (tertiary alicyclic amines) is 1. The van der Waals surface area contributed by atoms with Crippen LogP contribution in [0.5, 0.6) is 0 Å². The smallest absolute Gasteiger partial charge is 0.318 e. The zero-order valence-corrected chi connectivity index (χ0v) is 26.6. The van der Waals surface area contributed by atoms with Gasteiger partial charge in [0.25, 0.3) is 0 Å². The van der Waals surface area contributed by atoms with Crippen molar-refractivity contribution in [2.24, 2.45) is 0 Å². The Bertz CT molecular complexity index is 1720. The molecule has 2 aliphatic heterocycles. The van der Waals surface area contributed by atoms with Gasteiger partial charge in [-0.3, -0.25) is 9.59 Å². The van der Waals surface area contributed by atoms with Crippen molar-refractivity contribution in [1.82, 2.24) is 30.0 Å². The number of benzene rings is 2. The number of ketones is 1. The van der Waals surface area contributed by atoms with Crippen LogP contribution in [0.15, 0.2) is 66.9 Å². The maximum Gasteiger partial charge on any atom is 0.318 e. The van der Waals surface area contributed by atoms with Gasteiger partial charge in [0.1, 0.15) is 5.82 Å². The van der Waals surface area contributed by atoms with E-state index in [2.05, 4.69) is 15.5 Å². The third-order valence-electron chi connectivity index (χ3n) is 8.61. The first-order valence-electron chi connectivity index (χ1n) is 16.2. The normalized spacial score (nSPS) is 15.7. The van der Waals surface area contributed by atoms with E-state index in [1.54, 1.807) is 13.1 Å². The lowest BCUT2D eigenvalue weighted by Crippen LogP contribution is -2.39. The van der Waals surface area contributed by atoms with Crippen LogP contribution in [-0.4, -0.2) is 88.8 Å². The molecule has 0 bridgehead atoms. The van der Waals surface area contributed by atoms with Gasteiger partial charge < -0.3 is 25.2 Å². The number of morpholine rings is 1. The first kappa shape index (κ1) is 31.9. The van der Waals surface area contributed by atoms with E-state index in [1.165, 1.54) is 0 Å². The van der Waals surface area contributed by atoms with Crippen molar-refractivity contribution in [3.05, 3.63) is 72.4 Å². The minimum atomic E-state index is -0.288. The molecule has 4 aromatic rings. The van der Waals surface area contributed by atoms with E-state index < -0.39 is 0 Å². The van der Waals surface area contributed by atoms with E-state index in [1.807, 2.05) is 76.5 Å². The van der Waals surface area contributed by atoms with E-state index in [0.717, 1.165) is 53.9 Å². The molecular weight excluding hydrogens is 596 g/mol. The Balaban J connectivity index is 1.12. The van der Waals surface area contributed by atoms with Crippen molar-refractivity contribution < 1.29 is 19.1 Å². The van der Waals surface area contributed by atoms with Crippen molar-refractivity contribution >= 4 is 46.3 Å². The summed E-state index contributed by atoms with van der Waals surface area (Å²) in [6, 6.07) is 17.0. The second-order valence-electron chi connectivity index (χ2n) is 11.8. The molecule has 47 heavy (non-hydrogen) atoms. The molecule has 12 heteroatoms. The Hall–Kier alpha value is -5.10. The second-order valence-corrected chi connectivity index (χ2v) is 11.8. The summed E-state index contributed by atoms with van der Waals surface area (Å²) in [6.07, 6.45) is 8.02. The van der Waals surface area contributed by atoms with E-state index in [4.69, 9.17) is 19.8 Å². The molecule has 12 nitrogen and oxygen atoms in total. The predicted octanol–water partition coefficient (Wildman–Crippen LogP) is 4.70. The number of anilines is 2. The van der Waals surface area contributed by atoms with E-state index in [-0.39, 0.29) is 23.8 Å². The zero-order chi connectivity index (χ0) is 32.6. The van der Waals surface area contributed by atoms with Crippen LogP contribution >= 0.6 is 0 Å². The minimum Gasteiger partial charge on any atom is -0.378 e. The molecular formula is C35H40N8O4. The Morgan fingerprint density at radius 1 is 0.936 bits per heavy atom. The highest BCUT2D eigenvalue weighted by atomic mass is 16.5. The van der Waals surface area contributed by atoms with Crippen LogP contribution in [0.1, 0.15) is 43.7 Å². The van der Waals surface area contributed by atoms with Crippen LogP contribution in [0.2, 0.25) is 0 Å². The fourth-order valence-corrected chi connectivity index (χ4v) is 5.99. The number of carbonyl (C=O) groups excluding carboxylic acids is 3. The number of carbonyl (C=O) groups is 3. The third kappa shape index (κ3) is 7.83. The number of hydrogen-bond donors (Lipinski definition) is 2. The molecule has 3 amide bonds. The molecule has 2 aliphatic rings. The molecule has 0 aliphatic carbocycles. The van der Waals surface area contributed by atoms with Crippen molar-refractivity contribution in [3.63, 3.8) is 0 Å². The summed E-state index contributed by atoms with van der Waals surface area (Å²) in [7, 11) is 1.57. The van der Waals surface area contributed by atoms with Gasteiger partial charge in [-0.15, -0.1) is 0 Å². The number of aromatic nitrogens is 4. The summed E-state index contributed by atoms with van der Waals surface area (Å²) in [5.74, 6) is 1.52. The number of fused-ring (bicyclic) bond motifs is 1. The summed E-state index contributed by atoms with van der Waals surface area (Å²) in [5.41, 5.74) is 3.23. The average Bonchev–Trinajstić information content (AvgIpc) is 3.55. The van der Waals surface area contributed by atoms with Crippen molar-refractivity contribution in [1.29, 1.82) is 0 Å². The SMILES string of the molecule is CNC(=O)Nc1ccc(-c2nc(N3CCOCC3)c3cnn(C4CCN(C(=O)CCCC(=O)/C=C/c5ccccc5)CC4)c3n2)cc1. The van der Waals surface area contributed by atoms with Crippen molar-refractivity contribution in [2.75, 3.05) is 56.7 Å². The van der Waals surface area contributed by atoms with Crippen LogP contribution in [0, 0.1) is 0 Å². The topological polar surface area (TPSA) is 135 Å². The Morgan fingerprint density at radius 2 is 1.68 bits per heavy atom. The molecule has 0 atom stereocenters. The number of allylic oxidation sites excluding steroid dienone is 1. The van der Waals surface area contributed by atoms with Gasteiger partial charge in [0, 0.05) is 57.3 Å². The molecule has 0 saturated carbocycles. The number of nitrogens with one attached hydrogen (secondary N) is 2. The van der Waals surface area contributed by atoms with E-state index in [9.17, 15) is 14.4 Å². The molecule has 0 spiro atoms. The molecule has 2 fully saturated rings. The molecule has 0 radical (unpaired) electrons. The van der Waals surface area contributed by atoms with E-state index in [0.29, 0.717) is 57.1 Å². The first-order chi connectivity index (χ1) is 23.0. The van der Waals surface area contributed by atoms with E-state index >= 15 is 0 Å². The van der Waals surface area contributed by atoms with Crippen LogP contribution in [0.4, 0.5) is 16.3 Å². The quantitative estimate of drug-likeness (QED) is 0.239. The highest BCUT2D eigenvalue weighted by Crippen LogP contribution is 2.32. The summed E-state index contributed by atoms with van der Waals surface area (Å²) in [6.45, 7) is 3.95. The lowest BCUT2D eigenvalue weighted by Gasteiger charge is -2.32. The molecule has 2 aromatic carbocycles. The van der Waals surface area contributed by atoms with Crippen LogP contribution in [-0.2, 0) is 14.3 Å². The molecule has 244 valence electrons. The van der Waals surface area contributed by atoms with Crippen molar-refractivity contribution in [2.45, 2.75) is 38.1 Å². The Kier molecular flexibility index (Phi) is 10.2. The van der Waals surface area contributed by atoms with Gasteiger partial charge in [-0.05, 0) is 55.2 Å². The molecule has 6 rings (SSSR count). The number of urea groups is 1. The number of rotatable bonds is 10. The number of nitrogens with zero attached hydrogens (tertiary/aromatic N) is 6.